The van der Waals surface area contributed by atoms with Crippen LogP contribution in [0.1, 0.15) is 31.4 Å². The van der Waals surface area contributed by atoms with Crippen LogP contribution in [0.15, 0.2) is 24.3 Å². The highest BCUT2D eigenvalue weighted by Crippen LogP contribution is 2.20. The maximum absolute atomic E-state index is 13.6. The van der Waals surface area contributed by atoms with Gasteiger partial charge in [0.25, 0.3) is 0 Å². The largest absolute Gasteiger partial charge is 0.387 e. The molecule has 1 aromatic rings. The van der Waals surface area contributed by atoms with Gasteiger partial charge in [-0.3, -0.25) is 0 Å². The van der Waals surface area contributed by atoms with Crippen molar-refractivity contribution >= 4 is 0 Å². The van der Waals surface area contributed by atoms with Crippen molar-refractivity contribution in [1.82, 2.24) is 4.90 Å². The summed E-state index contributed by atoms with van der Waals surface area (Å²) in [5.41, 5.74) is 0.384. The SMILES string of the molecule is CCOC1CCN(CC(O)c2ccccc2F)CC1. The number of β-amino-alcohol motifs (C(OH)–C–C–N with tert-alkyl or cyclic N) is 1. The van der Waals surface area contributed by atoms with E-state index in [1.807, 2.05) is 6.92 Å². The Morgan fingerprint density at radius 1 is 1.37 bits per heavy atom. The molecule has 1 saturated heterocycles. The Bertz CT molecular complexity index is 391. The van der Waals surface area contributed by atoms with Crippen molar-refractivity contribution in [2.24, 2.45) is 0 Å². The molecule has 4 heteroatoms. The average molecular weight is 267 g/mol. The fourth-order valence-corrected chi connectivity index (χ4v) is 2.58. The first-order valence-electron chi connectivity index (χ1n) is 6.97. The lowest BCUT2D eigenvalue weighted by Crippen LogP contribution is -2.39. The van der Waals surface area contributed by atoms with Gasteiger partial charge < -0.3 is 14.7 Å². The number of aliphatic hydroxyl groups excluding tert-OH is 1. The van der Waals surface area contributed by atoms with Crippen LogP contribution in [-0.4, -0.2) is 42.4 Å². The highest BCUT2D eigenvalue weighted by atomic mass is 19.1. The number of hydrogen-bond acceptors (Lipinski definition) is 3. The van der Waals surface area contributed by atoms with Gasteiger partial charge in [-0.25, -0.2) is 4.39 Å². The zero-order chi connectivity index (χ0) is 13.7. The third-order valence-electron chi connectivity index (χ3n) is 3.63. The van der Waals surface area contributed by atoms with Gasteiger partial charge in [0.05, 0.1) is 12.2 Å². The number of piperidine rings is 1. The summed E-state index contributed by atoms with van der Waals surface area (Å²) in [5, 5.41) is 10.1. The topological polar surface area (TPSA) is 32.7 Å². The third-order valence-corrected chi connectivity index (χ3v) is 3.63. The van der Waals surface area contributed by atoms with Crippen molar-refractivity contribution < 1.29 is 14.2 Å². The Morgan fingerprint density at radius 3 is 2.68 bits per heavy atom. The normalized spacial score (nSPS) is 19.5. The van der Waals surface area contributed by atoms with E-state index in [0.717, 1.165) is 32.5 Å². The van der Waals surface area contributed by atoms with E-state index in [0.29, 0.717) is 18.2 Å². The van der Waals surface area contributed by atoms with Crippen LogP contribution >= 0.6 is 0 Å². The van der Waals surface area contributed by atoms with Gasteiger partial charge in [-0.1, -0.05) is 18.2 Å². The molecule has 1 N–H and O–H groups in total. The lowest BCUT2D eigenvalue weighted by Gasteiger charge is -2.33. The van der Waals surface area contributed by atoms with E-state index in [4.69, 9.17) is 4.74 Å². The van der Waals surface area contributed by atoms with E-state index in [1.165, 1.54) is 6.07 Å². The Morgan fingerprint density at radius 2 is 2.05 bits per heavy atom. The first-order valence-corrected chi connectivity index (χ1v) is 6.97. The number of likely N-dealkylation sites (tertiary alicyclic amines) is 1. The summed E-state index contributed by atoms with van der Waals surface area (Å²) < 4.78 is 19.1. The predicted molar refractivity (Wildman–Crippen MR) is 72.4 cm³/mol. The van der Waals surface area contributed by atoms with Gasteiger partial charge in [0, 0.05) is 31.8 Å². The van der Waals surface area contributed by atoms with Crippen molar-refractivity contribution in [3.05, 3.63) is 35.6 Å². The van der Waals surface area contributed by atoms with Crippen LogP contribution in [0.2, 0.25) is 0 Å². The Labute approximate surface area is 114 Å². The van der Waals surface area contributed by atoms with Gasteiger partial charge in [0.15, 0.2) is 0 Å². The van der Waals surface area contributed by atoms with Crippen molar-refractivity contribution in [3.8, 4) is 0 Å². The Balaban J connectivity index is 1.84. The Kier molecular flexibility index (Phi) is 5.31. The fourth-order valence-electron chi connectivity index (χ4n) is 2.58. The molecule has 3 nitrogen and oxygen atoms in total. The zero-order valence-electron chi connectivity index (χ0n) is 11.4. The molecule has 1 unspecified atom stereocenters. The molecule has 0 aromatic heterocycles. The number of ether oxygens (including phenoxy) is 1. The molecule has 106 valence electrons. The molecular weight excluding hydrogens is 245 g/mol. The van der Waals surface area contributed by atoms with Crippen LogP contribution in [0.5, 0.6) is 0 Å². The molecule has 0 spiro atoms. The maximum atomic E-state index is 13.6. The second kappa shape index (κ2) is 6.98. The zero-order valence-corrected chi connectivity index (χ0v) is 11.4. The predicted octanol–water partition coefficient (Wildman–Crippen LogP) is 2.36. The highest BCUT2D eigenvalue weighted by molar-refractivity contribution is 5.20. The number of aliphatic hydroxyl groups is 1. The summed E-state index contributed by atoms with van der Waals surface area (Å²) in [5.74, 6) is -0.334. The van der Waals surface area contributed by atoms with Gasteiger partial charge in [-0.15, -0.1) is 0 Å². The molecule has 1 atom stereocenters. The lowest BCUT2D eigenvalue weighted by molar-refractivity contribution is 0.00295. The van der Waals surface area contributed by atoms with Crippen LogP contribution in [-0.2, 0) is 4.74 Å². The second-order valence-corrected chi connectivity index (χ2v) is 4.99. The number of hydrogen-bond donors (Lipinski definition) is 1. The summed E-state index contributed by atoms with van der Waals surface area (Å²) in [6, 6.07) is 6.43. The summed E-state index contributed by atoms with van der Waals surface area (Å²) in [4.78, 5) is 2.17. The number of halogens is 1. The van der Waals surface area contributed by atoms with Gasteiger partial charge in [-0.05, 0) is 25.8 Å². The fraction of sp³-hybridized carbons (Fsp3) is 0.600. The standard InChI is InChI=1S/C15H22FNO2/c1-2-19-12-7-9-17(10-8-12)11-15(18)13-5-3-4-6-14(13)16/h3-6,12,15,18H,2,7-11H2,1H3. The summed E-state index contributed by atoms with van der Waals surface area (Å²) >= 11 is 0. The van der Waals surface area contributed by atoms with Gasteiger partial charge in [0.1, 0.15) is 5.82 Å². The molecule has 19 heavy (non-hydrogen) atoms. The number of benzene rings is 1. The average Bonchev–Trinajstić information content (AvgIpc) is 2.42. The molecular formula is C15H22FNO2. The molecule has 0 bridgehead atoms. The van der Waals surface area contributed by atoms with E-state index in [1.54, 1.807) is 18.2 Å². The molecule has 2 rings (SSSR count). The van der Waals surface area contributed by atoms with Crippen LogP contribution in [0.4, 0.5) is 4.39 Å². The van der Waals surface area contributed by atoms with E-state index in [-0.39, 0.29) is 5.82 Å². The minimum absolute atomic E-state index is 0.334. The van der Waals surface area contributed by atoms with Crippen molar-refractivity contribution in [3.63, 3.8) is 0 Å². The smallest absolute Gasteiger partial charge is 0.129 e. The molecule has 0 radical (unpaired) electrons. The first-order chi connectivity index (χ1) is 9.20. The minimum atomic E-state index is -0.759. The molecule has 1 fully saturated rings. The van der Waals surface area contributed by atoms with Crippen molar-refractivity contribution in [2.45, 2.75) is 32.0 Å². The van der Waals surface area contributed by atoms with Crippen LogP contribution in [0.25, 0.3) is 0 Å². The summed E-state index contributed by atoms with van der Waals surface area (Å²) in [6.07, 6.45) is 1.55. The molecule has 1 aromatic carbocycles. The number of nitrogens with zero attached hydrogens (tertiary/aromatic N) is 1. The quantitative estimate of drug-likeness (QED) is 0.889. The summed E-state index contributed by atoms with van der Waals surface area (Å²) in [7, 11) is 0. The first kappa shape index (κ1) is 14.4. The van der Waals surface area contributed by atoms with Crippen LogP contribution in [0, 0.1) is 5.82 Å². The molecule has 1 aliphatic rings. The lowest BCUT2D eigenvalue weighted by atomic mass is 10.0. The summed E-state index contributed by atoms with van der Waals surface area (Å²) in [6.45, 7) is 5.04. The number of rotatable bonds is 5. The van der Waals surface area contributed by atoms with Gasteiger partial charge in [-0.2, -0.15) is 0 Å². The monoisotopic (exact) mass is 267 g/mol. The molecule has 1 heterocycles. The van der Waals surface area contributed by atoms with Crippen LogP contribution in [0.3, 0.4) is 0 Å². The second-order valence-electron chi connectivity index (χ2n) is 4.99. The van der Waals surface area contributed by atoms with E-state index < -0.39 is 6.10 Å². The third kappa shape index (κ3) is 4.00. The molecule has 0 aliphatic carbocycles. The Hall–Kier alpha value is -0.970. The van der Waals surface area contributed by atoms with Gasteiger partial charge in [0.2, 0.25) is 0 Å². The molecule has 0 amide bonds. The minimum Gasteiger partial charge on any atom is -0.387 e. The van der Waals surface area contributed by atoms with E-state index >= 15 is 0 Å². The van der Waals surface area contributed by atoms with Crippen LogP contribution < -0.4 is 0 Å². The van der Waals surface area contributed by atoms with Crippen molar-refractivity contribution in [2.75, 3.05) is 26.2 Å². The van der Waals surface area contributed by atoms with E-state index in [2.05, 4.69) is 4.90 Å². The van der Waals surface area contributed by atoms with Gasteiger partial charge >= 0.3 is 0 Å². The van der Waals surface area contributed by atoms with Crippen molar-refractivity contribution in [1.29, 1.82) is 0 Å². The van der Waals surface area contributed by atoms with E-state index in [9.17, 15) is 9.50 Å². The molecule has 1 aliphatic heterocycles. The molecule has 0 saturated carbocycles. The maximum Gasteiger partial charge on any atom is 0.129 e. The highest BCUT2D eigenvalue weighted by Gasteiger charge is 2.22.